The van der Waals surface area contributed by atoms with Crippen LogP contribution >= 0.6 is 0 Å². The zero-order valence-corrected chi connectivity index (χ0v) is 6.06. The summed E-state index contributed by atoms with van der Waals surface area (Å²) in [6, 6.07) is 5.60. The van der Waals surface area contributed by atoms with Crippen LogP contribution in [0.3, 0.4) is 0 Å². The lowest BCUT2D eigenvalue weighted by Gasteiger charge is -2.00. The minimum absolute atomic E-state index is 0.303. The van der Waals surface area contributed by atoms with E-state index in [0.29, 0.717) is 18.6 Å². The van der Waals surface area contributed by atoms with Crippen molar-refractivity contribution in [3.05, 3.63) is 24.4 Å². The van der Waals surface area contributed by atoms with Crippen LogP contribution in [0.1, 0.15) is 0 Å². The largest absolute Gasteiger partial charge is 0.475 e. The first-order valence-corrected chi connectivity index (χ1v) is 3.60. The van der Waals surface area contributed by atoms with Crippen molar-refractivity contribution in [1.29, 1.82) is 0 Å². The van der Waals surface area contributed by atoms with Gasteiger partial charge in [0.1, 0.15) is 12.7 Å². The van der Waals surface area contributed by atoms with Crippen LogP contribution in [0.5, 0.6) is 5.88 Å². The molecule has 0 bridgehead atoms. The predicted octanol–water partition coefficient (Wildman–Crippen LogP) is 0.859. The second-order valence-electron chi connectivity index (χ2n) is 2.43. The first kappa shape index (κ1) is 6.61. The molecule has 1 saturated heterocycles. The molecule has 1 aliphatic heterocycles. The third kappa shape index (κ3) is 1.91. The highest BCUT2D eigenvalue weighted by atomic mass is 16.6. The highest BCUT2D eigenvalue weighted by molar-refractivity contribution is 5.09. The van der Waals surface area contributed by atoms with Crippen molar-refractivity contribution < 1.29 is 9.47 Å². The van der Waals surface area contributed by atoms with Crippen LogP contribution in [0.4, 0.5) is 0 Å². The van der Waals surface area contributed by atoms with Crippen molar-refractivity contribution in [1.82, 2.24) is 4.98 Å². The molecule has 0 spiro atoms. The van der Waals surface area contributed by atoms with Gasteiger partial charge < -0.3 is 9.47 Å². The highest BCUT2D eigenvalue weighted by Crippen LogP contribution is 2.11. The van der Waals surface area contributed by atoms with E-state index in [1.807, 2.05) is 18.2 Å². The van der Waals surface area contributed by atoms with Crippen molar-refractivity contribution in [2.24, 2.45) is 0 Å². The molecule has 2 rings (SSSR count). The second-order valence-corrected chi connectivity index (χ2v) is 2.43. The Hall–Kier alpha value is -1.09. The van der Waals surface area contributed by atoms with Gasteiger partial charge in [-0.05, 0) is 6.07 Å². The molecule has 0 amide bonds. The minimum atomic E-state index is 0.303. The molecule has 0 aromatic carbocycles. The topological polar surface area (TPSA) is 34.6 Å². The molecule has 58 valence electrons. The normalized spacial score (nSPS) is 21.3. The average molecular weight is 151 g/mol. The van der Waals surface area contributed by atoms with E-state index in [9.17, 15) is 0 Å². The van der Waals surface area contributed by atoms with Crippen LogP contribution in [-0.2, 0) is 4.74 Å². The number of hydrogen-bond acceptors (Lipinski definition) is 3. The Morgan fingerprint density at radius 2 is 2.55 bits per heavy atom. The predicted molar refractivity (Wildman–Crippen MR) is 39.5 cm³/mol. The summed E-state index contributed by atoms with van der Waals surface area (Å²) in [5, 5.41) is 0. The smallest absolute Gasteiger partial charge is 0.213 e. The first-order valence-electron chi connectivity index (χ1n) is 3.60. The highest BCUT2D eigenvalue weighted by Gasteiger charge is 2.23. The van der Waals surface area contributed by atoms with Crippen LogP contribution in [0, 0.1) is 0 Å². The number of pyridine rings is 1. The lowest BCUT2D eigenvalue weighted by molar-refractivity contribution is 0.255. The van der Waals surface area contributed by atoms with Gasteiger partial charge in [0.05, 0.1) is 6.61 Å². The summed E-state index contributed by atoms with van der Waals surface area (Å²) in [4.78, 5) is 4.00. The van der Waals surface area contributed by atoms with E-state index in [4.69, 9.17) is 9.47 Å². The van der Waals surface area contributed by atoms with Crippen molar-refractivity contribution in [3.63, 3.8) is 0 Å². The van der Waals surface area contributed by atoms with Crippen LogP contribution in [0.25, 0.3) is 0 Å². The van der Waals surface area contributed by atoms with Gasteiger partial charge in [-0.3, -0.25) is 0 Å². The lowest BCUT2D eigenvalue weighted by atomic mass is 10.5. The Balaban J connectivity index is 1.85. The molecule has 0 unspecified atom stereocenters. The molecule has 1 fully saturated rings. The maximum Gasteiger partial charge on any atom is 0.213 e. The zero-order chi connectivity index (χ0) is 7.52. The van der Waals surface area contributed by atoms with Gasteiger partial charge in [-0.2, -0.15) is 0 Å². The molecule has 0 aliphatic carbocycles. The zero-order valence-electron chi connectivity index (χ0n) is 6.06. The van der Waals surface area contributed by atoms with Crippen molar-refractivity contribution in [3.8, 4) is 5.88 Å². The molecule has 1 aromatic heterocycles. The van der Waals surface area contributed by atoms with Crippen molar-refractivity contribution >= 4 is 0 Å². The maximum atomic E-state index is 5.29. The fourth-order valence-corrected chi connectivity index (χ4v) is 0.775. The third-order valence-corrected chi connectivity index (χ3v) is 1.46. The van der Waals surface area contributed by atoms with Gasteiger partial charge in [0.25, 0.3) is 0 Å². The van der Waals surface area contributed by atoms with Crippen molar-refractivity contribution in [2.45, 2.75) is 6.10 Å². The SMILES string of the molecule is c1ccc(OC[C@@H]2CO2)nc1. The lowest BCUT2D eigenvalue weighted by Crippen LogP contribution is -2.04. The maximum absolute atomic E-state index is 5.29. The molecule has 11 heavy (non-hydrogen) atoms. The summed E-state index contributed by atoms with van der Waals surface area (Å²) in [5.74, 6) is 0.669. The van der Waals surface area contributed by atoms with Gasteiger partial charge in [0.15, 0.2) is 0 Å². The molecular formula is C8H9NO2. The summed E-state index contributed by atoms with van der Waals surface area (Å²) in [6.45, 7) is 1.45. The van der Waals surface area contributed by atoms with Crippen LogP contribution < -0.4 is 4.74 Å². The third-order valence-electron chi connectivity index (χ3n) is 1.46. The number of ether oxygens (including phenoxy) is 2. The molecule has 1 atom stereocenters. The number of epoxide rings is 1. The first-order chi connectivity index (χ1) is 5.45. The van der Waals surface area contributed by atoms with Crippen LogP contribution in [0.15, 0.2) is 24.4 Å². The average Bonchev–Trinajstić information content (AvgIpc) is 2.86. The molecule has 2 heterocycles. The Morgan fingerprint density at radius 1 is 1.64 bits per heavy atom. The number of hydrogen-bond donors (Lipinski definition) is 0. The van der Waals surface area contributed by atoms with Gasteiger partial charge in [-0.25, -0.2) is 4.98 Å². The summed E-state index contributed by atoms with van der Waals surface area (Å²) < 4.78 is 10.3. The summed E-state index contributed by atoms with van der Waals surface area (Å²) in [6.07, 6.45) is 2.01. The molecular weight excluding hydrogens is 142 g/mol. The Morgan fingerprint density at radius 3 is 3.18 bits per heavy atom. The van der Waals surface area contributed by atoms with Gasteiger partial charge in [-0.1, -0.05) is 6.07 Å². The monoisotopic (exact) mass is 151 g/mol. The van der Waals surface area contributed by atoms with E-state index < -0.39 is 0 Å². The minimum Gasteiger partial charge on any atom is -0.475 e. The summed E-state index contributed by atoms with van der Waals surface area (Å²) in [5.41, 5.74) is 0. The van der Waals surface area contributed by atoms with E-state index in [0.717, 1.165) is 6.61 Å². The van der Waals surface area contributed by atoms with E-state index >= 15 is 0 Å². The Labute approximate surface area is 65.0 Å². The van der Waals surface area contributed by atoms with Gasteiger partial charge in [-0.15, -0.1) is 0 Å². The molecule has 3 heteroatoms. The van der Waals surface area contributed by atoms with E-state index in [1.165, 1.54) is 0 Å². The van der Waals surface area contributed by atoms with E-state index in [1.54, 1.807) is 6.20 Å². The molecule has 0 radical (unpaired) electrons. The summed E-state index contributed by atoms with van der Waals surface area (Å²) >= 11 is 0. The molecule has 0 saturated carbocycles. The van der Waals surface area contributed by atoms with E-state index in [2.05, 4.69) is 4.98 Å². The second kappa shape index (κ2) is 2.88. The van der Waals surface area contributed by atoms with Crippen LogP contribution in [-0.4, -0.2) is 24.3 Å². The number of aromatic nitrogens is 1. The quantitative estimate of drug-likeness (QED) is 0.601. The summed E-state index contributed by atoms with van der Waals surface area (Å²) in [7, 11) is 0. The fraction of sp³-hybridized carbons (Fsp3) is 0.375. The Kier molecular flexibility index (Phi) is 1.73. The molecule has 3 nitrogen and oxygen atoms in total. The van der Waals surface area contributed by atoms with Gasteiger partial charge >= 0.3 is 0 Å². The molecule has 0 N–H and O–H groups in total. The van der Waals surface area contributed by atoms with E-state index in [-0.39, 0.29) is 0 Å². The number of rotatable bonds is 3. The standard InChI is InChI=1S/C8H9NO2/c1-2-4-9-8(3-1)11-6-7-5-10-7/h1-4,7H,5-6H2/t7-/m0/s1. The fourth-order valence-electron chi connectivity index (χ4n) is 0.775. The molecule has 1 aliphatic rings. The van der Waals surface area contributed by atoms with Crippen molar-refractivity contribution in [2.75, 3.05) is 13.2 Å². The van der Waals surface area contributed by atoms with Crippen LogP contribution in [0.2, 0.25) is 0 Å². The Bertz CT molecular complexity index is 221. The number of nitrogens with zero attached hydrogens (tertiary/aromatic N) is 1. The van der Waals surface area contributed by atoms with Gasteiger partial charge in [0, 0.05) is 12.3 Å². The van der Waals surface area contributed by atoms with Gasteiger partial charge in [0.2, 0.25) is 5.88 Å². The molecule has 1 aromatic rings.